The quantitative estimate of drug-likeness (QED) is 0.158. The number of likely N-dealkylation sites (tertiary alicyclic amines) is 1. The molecular weight excluding hydrogens is 662 g/mol. The maximum absolute atomic E-state index is 13.1. The first-order valence-electron chi connectivity index (χ1n) is 17.5. The molecule has 4 aromatic rings. The van der Waals surface area contributed by atoms with Gasteiger partial charge in [0.2, 0.25) is 5.91 Å². The van der Waals surface area contributed by atoms with Crippen LogP contribution in [-0.2, 0) is 43.6 Å². The van der Waals surface area contributed by atoms with Gasteiger partial charge in [-0.3, -0.25) is 19.4 Å². The highest BCUT2D eigenvalue weighted by molar-refractivity contribution is 6.06. The van der Waals surface area contributed by atoms with Crippen LogP contribution >= 0.6 is 0 Å². The van der Waals surface area contributed by atoms with Crippen LogP contribution in [0.1, 0.15) is 71.6 Å². The Labute approximate surface area is 303 Å². The zero-order valence-corrected chi connectivity index (χ0v) is 29.3. The fraction of sp³-hybridized carbons (Fsp3) is 0.341. The molecule has 0 saturated carbocycles. The summed E-state index contributed by atoms with van der Waals surface area (Å²) in [7, 11) is 1.97. The molecule has 2 aliphatic heterocycles. The highest BCUT2D eigenvalue weighted by Crippen LogP contribution is 2.38. The normalized spacial score (nSPS) is 21.6. The molecule has 2 fully saturated rings. The summed E-state index contributed by atoms with van der Waals surface area (Å²) in [6, 6.07) is 32.7. The summed E-state index contributed by atoms with van der Waals surface area (Å²) in [5, 5.41) is 23.2. The molecule has 11 heteroatoms. The van der Waals surface area contributed by atoms with Gasteiger partial charge in [0.1, 0.15) is 12.6 Å². The van der Waals surface area contributed by atoms with Crippen LogP contribution in [0.3, 0.4) is 0 Å². The number of carbonyl (C=O) groups is 3. The molecule has 1 unspecified atom stereocenters. The molecule has 2 saturated heterocycles. The summed E-state index contributed by atoms with van der Waals surface area (Å²) in [4.78, 5) is 41.5. The smallest absolute Gasteiger partial charge is 0.408 e. The van der Waals surface area contributed by atoms with E-state index in [1.54, 1.807) is 0 Å². The number of rotatable bonds is 13. The van der Waals surface area contributed by atoms with Gasteiger partial charge < -0.3 is 29.7 Å². The number of nitrogens with zero attached hydrogens (tertiary/aromatic N) is 2. The maximum Gasteiger partial charge on any atom is 0.408 e. The standard InChI is InChI=1S/C41H45N3O8/c1-27(38(47)32-11-7-4-8-12-32)43(2)24-34-21-36(31-17-15-29(25-45)16-18-31)52-40(51-34)33-19-13-28(14-20-33)23-44-37(46)22-35(39(44)48)42-41(49)50-26-30-9-5-3-6-10-30/h3-20,27,34-36,38,40,45,47H,21-26H2,1-2H3,(H,42,49)/t27-,34+,35?,36-,38-,40-/m0/s1. The van der Waals surface area contributed by atoms with Crippen molar-refractivity contribution in [3.63, 3.8) is 0 Å². The molecule has 2 aliphatic rings. The van der Waals surface area contributed by atoms with Gasteiger partial charge in [0.05, 0.1) is 37.9 Å². The maximum atomic E-state index is 13.1. The minimum atomic E-state index is -0.992. The lowest BCUT2D eigenvalue weighted by Crippen LogP contribution is -2.43. The minimum absolute atomic E-state index is 0.0496. The SMILES string of the molecule is C[C@@H]([C@H](O)c1ccccc1)N(C)C[C@H]1C[C@@H](c2ccc(CO)cc2)O[C@@H](c2ccc(CN3C(=O)CC(NC(=O)OCc4ccccc4)C3=O)cc2)O1. The molecule has 6 atom stereocenters. The van der Waals surface area contributed by atoms with Crippen LogP contribution in [0.15, 0.2) is 109 Å². The van der Waals surface area contributed by atoms with Gasteiger partial charge in [0, 0.05) is 24.6 Å². The van der Waals surface area contributed by atoms with E-state index < -0.39 is 30.4 Å². The average molecular weight is 708 g/mol. The summed E-state index contributed by atoms with van der Waals surface area (Å²) in [5.74, 6) is -0.867. The van der Waals surface area contributed by atoms with Crippen molar-refractivity contribution < 1.29 is 38.8 Å². The van der Waals surface area contributed by atoms with Gasteiger partial charge in [0.25, 0.3) is 5.91 Å². The van der Waals surface area contributed by atoms with Crippen LogP contribution < -0.4 is 5.32 Å². The van der Waals surface area contributed by atoms with E-state index in [-0.39, 0.29) is 50.3 Å². The van der Waals surface area contributed by atoms with Gasteiger partial charge in [-0.1, -0.05) is 109 Å². The highest BCUT2D eigenvalue weighted by Gasteiger charge is 2.40. The minimum Gasteiger partial charge on any atom is -0.445 e. The average Bonchev–Trinajstić information content (AvgIpc) is 3.44. The van der Waals surface area contributed by atoms with Crippen molar-refractivity contribution in [2.24, 2.45) is 0 Å². The van der Waals surface area contributed by atoms with E-state index in [9.17, 15) is 24.6 Å². The molecular formula is C41H45N3O8. The Hall–Kier alpha value is -4.91. The third kappa shape index (κ3) is 9.11. The van der Waals surface area contributed by atoms with Crippen molar-refractivity contribution in [2.75, 3.05) is 13.6 Å². The van der Waals surface area contributed by atoms with Crippen molar-refractivity contribution in [2.45, 2.75) is 76.2 Å². The first-order chi connectivity index (χ1) is 25.2. The van der Waals surface area contributed by atoms with Gasteiger partial charge in [-0.15, -0.1) is 0 Å². The first-order valence-corrected chi connectivity index (χ1v) is 17.5. The summed E-state index contributed by atoms with van der Waals surface area (Å²) in [6.45, 7) is 2.59. The van der Waals surface area contributed by atoms with Gasteiger partial charge in [-0.05, 0) is 41.8 Å². The second-order valence-electron chi connectivity index (χ2n) is 13.4. The lowest BCUT2D eigenvalue weighted by atomic mass is 9.98. The third-order valence-corrected chi connectivity index (χ3v) is 9.74. The number of nitrogens with one attached hydrogen (secondary N) is 1. The molecule has 0 aliphatic carbocycles. The van der Waals surface area contributed by atoms with Crippen LogP contribution in [0.2, 0.25) is 0 Å². The largest absolute Gasteiger partial charge is 0.445 e. The topological polar surface area (TPSA) is 138 Å². The first kappa shape index (κ1) is 36.9. The van der Waals surface area contributed by atoms with E-state index in [1.165, 1.54) is 0 Å². The zero-order chi connectivity index (χ0) is 36.6. The zero-order valence-electron chi connectivity index (χ0n) is 29.3. The molecule has 0 bridgehead atoms. The second-order valence-corrected chi connectivity index (χ2v) is 13.4. The van der Waals surface area contributed by atoms with E-state index in [1.807, 2.05) is 123 Å². The summed E-state index contributed by atoms with van der Waals surface area (Å²) in [6.07, 6.45) is -2.22. The van der Waals surface area contributed by atoms with Crippen molar-refractivity contribution in [1.29, 1.82) is 0 Å². The monoisotopic (exact) mass is 707 g/mol. The lowest BCUT2D eigenvalue weighted by molar-refractivity contribution is -0.253. The van der Waals surface area contributed by atoms with E-state index >= 15 is 0 Å². The van der Waals surface area contributed by atoms with E-state index in [2.05, 4.69) is 10.2 Å². The van der Waals surface area contributed by atoms with Gasteiger partial charge in [-0.25, -0.2) is 4.79 Å². The summed E-state index contributed by atoms with van der Waals surface area (Å²) < 4.78 is 18.3. The number of hydrogen-bond acceptors (Lipinski definition) is 9. The number of carbonyl (C=O) groups excluding carboxylic acids is 3. The van der Waals surface area contributed by atoms with Crippen molar-refractivity contribution in [3.05, 3.63) is 143 Å². The lowest BCUT2D eigenvalue weighted by Gasteiger charge is -2.39. The van der Waals surface area contributed by atoms with Crippen molar-refractivity contribution in [3.8, 4) is 0 Å². The molecule has 3 N–H and O–H groups in total. The number of aliphatic hydroxyl groups excluding tert-OH is 2. The van der Waals surface area contributed by atoms with E-state index in [0.717, 1.165) is 38.3 Å². The molecule has 0 radical (unpaired) electrons. The van der Waals surface area contributed by atoms with E-state index in [0.29, 0.717) is 13.0 Å². The molecule has 2 heterocycles. The van der Waals surface area contributed by atoms with Crippen LogP contribution in [0.25, 0.3) is 0 Å². The number of ether oxygens (including phenoxy) is 3. The van der Waals surface area contributed by atoms with Crippen LogP contribution in [0.4, 0.5) is 4.79 Å². The Kier molecular flexibility index (Phi) is 12.1. The summed E-state index contributed by atoms with van der Waals surface area (Å²) in [5.41, 5.74) is 4.92. The number of imide groups is 1. The van der Waals surface area contributed by atoms with Crippen LogP contribution in [0, 0.1) is 0 Å². The molecule has 3 amide bonds. The predicted molar refractivity (Wildman–Crippen MR) is 192 cm³/mol. The Morgan fingerprint density at radius 3 is 2.19 bits per heavy atom. The number of benzene rings is 4. The molecule has 11 nitrogen and oxygen atoms in total. The number of likely N-dealkylation sites (N-methyl/N-ethyl adjacent to an activating group) is 1. The Morgan fingerprint density at radius 2 is 1.52 bits per heavy atom. The molecule has 4 aromatic carbocycles. The summed E-state index contributed by atoms with van der Waals surface area (Å²) >= 11 is 0. The van der Waals surface area contributed by atoms with Crippen molar-refractivity contribution in [1.82, 2.24) is 15.1 Å². The van der Waals surface area contributed by atoms with Crippen molar-refractivity contribution >= 4 is 17.9 Å². The van der Waals surface area contributed by atoms with E-state index in [4.69, 9.17) is 14.2 Å². The predicted octanol–water partition coefficient (Wildman–Crippen LogP) is 5.33. The second kappa shape index (κ2) is 17.1. The molecule has 0 spiro atoms. The van der Waals surface area contributed by atoms with Crippen LogP contribution in [0.5, 0.6) is 0 Å². The number of amides is 3. The third-order valence-electron chi connectivity index (χ3n) is 9.74. The Morgan fingerprint density at radius 1 is 0.885 bits per heavy atom. The fourth-order valence-electron chi connectivity index (χ4n) is 6.52. The number of alkyl carbamates (subject to hydrolysis) is 1. The molecule has 52 heavy (non-hydrogen) atoms. The van der Waals surface area contributed by atoms with Gasteiger partial charge in [-0.2, -0.15) is 0 Å². The molecule has 272 valence electrons. The highest BCUT2D eigenvalue weighted by atomic mass is 16.7. The number of hydrogen-bond donors (Lipinski definition) is 3. The van der Waals surface area contributed by atoms with Gasteiger partial charge >= 0.3 is 6.09 Å². The van der Waals surface area contributed by atoms with Crippen LogP contribution in [-0.4, -0.2) is 69.7 Å². The van der Waals surface area contributed by atoms with Gasteiger partial charge in [0.15, 0.2) is 6.29 Å². The Bertz CT molecular complexity index is 1790. The Balaban J connectivity index is 1.10. The fourth-order valence-corrected chi connectivity index (χ4v) is 6.52. The molecule has 6 rings (SSSR count). The number of aliphatic hydroxyl groups is 2. The molecule has 0 aromatic heterocycles.